The van der Waals surface area contributed by atoms with Crippen molar-refractivity contribution in [3.8, 4) is 6.07 Å². The average molecular weight is 314 g/mol. The molecule has 0 heterocycles. The number of benzene rings is 1. The molecule has 0 aliphatic heterocycles. The van der Waals surface area contributed by atoms with Crippen molar-refractivity contribution >= 4 is 21.6 Å². The van der Waals surface area contributed by atoms with Crippen LogP contribution in [0.25, 0.3) is 0 Å². The second kappa shape index (κ2) is 5.70. The lowest BCUT2D eigenvalue weighted by Gasteiger charge is -2.28. The molecule has 2 rings (SSSR count). The van der Waals surface area contributed by atoms with Gasteiger partial charge in [-0.05, 0) is 31.0 Å². The third kappa shape index (κ3) is 2.96. The Balaban J connectivity index is 2.31. The van der Waals surface area contributed by atoms with Crippen LogP contribution in [0.2, 0.25) is 5.02 Å². The highest BCUT2D eigenvalue weighted by Crippen LogP contribution is 2.31. The Morgan fingerprint density at radius 3 is 2.55 bits per heavy atom. The zero-order valence-electron chi connectivity index (χ0n) is 10.9. The second-order valence-electron chi connectivity index (χ2n) is 5.05. The summed E-state index contributed by atoms with van der Waals surface area (Å²) in [5.41, 5.74) is 5.43. The van der Waals surface area contributed by atoms with Crippen LogP contribution in [0.5, 0.6) is 0 Å². The van der Waals surface area contributed by atoms with Crippen LogP contribution in [-0.4, -0.2) is 20.5 Å². The molecule has 0 atom stereocenters. The summed E-state index contributed by atoms with van der Waals surface area (Å²) in [6, 6.07) is 5.98. The molecule has 0 bridgehead atoms. The lowest BCUT2D eigenvalue weighted by Crippen LogP contribution is -2.51. The van der Waals surface area contributed by atoms with E-state index in [0.717, 1.165) is 25.7 Å². The molecule has 7 heteroatoms. The molecule has 1 saturated carbocycles. The van der Waals surface area contributed by atoms with Gasteiger partial charge in [-0.15, -0.1) is 0 Å². The van der Waals surface area contributed by atoms with Gasteiger partial charge in [-0.2, -0.15) is 5.26 Å². The third-order valence-electron chi connectivity index (χ3n) is 3.67. The van der Waals surface area contributed by atoms with Crippen molar-refractivity contribution in [3.63, 3.8) is 0 Å². The highest BCUT2D eigenvalue weighted by Gasteiger charge is 2.36. The molecule has 1 aliphatic rings. The zero-order chi connectivity index (χ0) is 14.8. The third-order valence-corrected chi connectivity index (χ3v) is 5.56. The molecule has 1 aliphatic carbocycles. The van der Waals surface area contributed by atoms with E-state index >= 15 is 0 Å². The maximum absolute atomic E-state index is 12.4. The van der Waals surface area contributed by atoms with E-state index in [9.17, 15) is 8.42 Å². The first-order valence-electron chi connectivity index (χ1n) is 6.36. The number of hydrogen-bond acceptors (Lipinski definition) is 4. The number of halogens is 1. The van der Waals surface area contributed by atoms with Crippen molar-refractivity contribution in [3.05, 3.63) is 28.8 Å². The highest BCUT2D eigenvalue weighted by molar-refractivity contribution is 7.89. The molecular weight excluding hydrogens is 298 g/mol. The number of rotatable bonds is 4. The van der Waals surface area contributed by atoms with Crippen molar-refractivity contribution in [2.24, 2.45) is 5.73 Å². The Labute approximate surface area is 123 Å². The molecule has 0 radical (unpaired) electrons. The molecule has 0 unspecified atom stereocenters. The van der Waals surface area contributed by atoms with Crippen LogP contribution in [0, 0.1) is 11.3 Å². The van der Waals surface area contributed by atoms with Crippen molar-refractivity contribution in [1.82, 2.24) is 4.72 Å². The van der Waals surface area contributed by atoms with E-state index in [1.807, 2.05) is 6.07 Å². The number of hydrogen-bond donors (Lipinski definition) is 2. The predicted molar refractivity (Wildman–Crippen MR) is 76.7 cm³/mol. The van der Waals surface area contributed by atoms with Crippen LogP contribution in [0.15, 0.2) is 23.1 Å². The van der Waals surface area contributed by atoms with Gasteiger partial charge in [0.15, 0.2) is 0 Å². The minimum atomic E-state index is -3.69. The summed E-state index contributed by atoms with van der Waals surface area (Å²) in [5.74, 6) is 0. The largest absolute Gasteiger partial charge is 0.329 e. The number of nitriles is 1. The van der Waals surface area contributed by atoms with E-state index in [4.69, 9.17) is 22.6 Å². The van der Waals surface area contributed by atoms with Gasteiger partial charge < -0.3 is 5.73 Å². The molecule has 0 saturated heterocycles. The first kappa shape index (κ1) is 15.3. The van der Waals surface area contributed by atoms with E-state index in [-0.39, 0.29) is 22.0 Å². The summed E-state index contributed by atoms with van der Waals surface area (Å²) in [6.45, 7) is 0.274. The molecule has 20 heavy (non-hydrogen) atoms. The molecule has 108 valence electrons. The monoisotopic (exact) mass is 313 g/mol. The fraction of sp³-hybridized carbons (Fsp3) is 0.462. The van der Waals surface area contributed by atoms with Crippen LogP contribution in [0.1, 0.15) is 31.2 Å². The summed E-state index contributed by atoms with van der Waals surface area (Å²) >= 11 is 5.88. The van der Waals surface area contributed by atoms with Crippen molar-refractivity contribution in [1.29, 1.82) is 5.26 Å². The van der Waals surface area contributed by atoms with Crippen LogP contribution < -0.4 is 10.5 Å². The predicted octanol–water partition coefficient (Wildman–Crippen LogP) is 1.76. The van der Waals surface area contributed by atoms with Crippen molar-refractivity contribution in [2.75, 3.05) is 6.54 Å². The second-order valence-corrected chi connectivity index (χ2v) is 7.14. The maximum atomic E-state index is 12.4. The molecule has 5 nitrogen and oxygen atoms in total. The van der Waals surface area contributed by atoms with Crippen LogP contribution in [0.3, 0.4) is 0 Å². The summed E-state index contributed by atoms with van der Waals surface area (Å²) < 4.78 is 27.5. The minimum absolute atomic E-state index is 0.0567. The Hall–Kier alpha value is -1.13. The number of nitrogens with one attached hydrogen (secondary N) is 1. The van der Waals surface area contributed by atoms with E-state index in [0.29, 0.717) is 0 Å². The lowest BCUT2D eigenvalue weighted by molar-refractivity contribution is 0.399. The normalized spacial score (nSPS) is 17.9. The van der Waals surface area contributed by atoms with Gasteiger partial charge in [-0.1, -0.05) is 24.4 Å². The number of nitrogens with zero attached hydrogens (tertiary/aromatic N) is 1. The molecule has 1 fully saturated rings. The standard InChI is InChI=1S/C13H16ClN3O2S/c14-12-7-11(4-3-10(12)8-15)20(18,19)17-13(9-16)5-1-2-6-13/h3-4,7,17H,1-2,5-6,9,16H2. The van der Waals surface area contributed by atoms with Gasteiger partial charge in [-0.25, -0.2) is 13.1 Å². The molecule has 0 amide bonds. The van der Waals surface area contributed by atoms with Crippen molar-refractivity contribution < 1.29 is 8.42 Å². The fourth-order valence-electron chi connectivity index (χ4n) is 2.50. The van der Waals surface area contributed by atoms with Gasteiger partial charge in [0.2, 0.25) is 10.0 Å². The van der Waals surface area contributed by atoms with Gasteiger partial charge in [0, 0.05) is 12.1 Å². The van der Waals surface area contributed by atoms with E-state index in [1.165, 1.54) is 18.2 Å². The average Bonchev–Trinajstić information content (AvgIpc) is 2.87. The first-order valence-corrected chi connectivity index (χ1v) is 8.22. The lowest BCUT2D eigenvalue weighted by atomic mass is 10.0. The van der Waals surface area contributed by atoms with Gasteiger partial charge in [0.25, 0.3) is 0 Å². The smallest absolute Gasteiger partial charge is 0.241 e. The molecule has 1 aromatic carbocycles. The molecule has 1 aromatic rings. The quantitative estimate of drug-likeness (QED) is 0.885. The fourth-order valence-corrected chi connectivity index (χ4v) is 4.28. The summed E-state index contributed by atoms with van der Waals surface area (Å²) in [6.07, 6.45) is 3.42. The van der Waals surface area contributed by atoms with Gasteiger partial charge in [0.1, 0.15) is 6.07 Å². The maximum Gasteiger partial charge on any atom is 0.241 e. The zero-order valence-corrected chi connectivity index (χ0v) is 12.5. The van der Waals surface area contributed by atoms with E-state index in [1.54, 1.807) is 0 Å². The molecule has 0 aromatic heterocycles. The molecule has 0 spiro atoms. The number of nitrogens with two attached hydrogens (primary N) is 1. The van der Waals surface area contributed by atoms with Crippen LogP contribution in [0.4, 0.5) is 0 Å². The molecular formula is C13H16ClN3O2S. The van der Waals surface area contributed by atoms with Crippen molar-refractivity contribution in [2.45, 2.75) is 36.1 Å². The van der Waals surface area contributed by atoms with Gasteiger partial charge in [0.05, 0.1) is 15.5 Å². The summed E-state index contributed by atoms with van der Waals surface area (Å²) in [7, 11) is -3.69. The SMILES string of the molecule is N#Cc1ccc(S(=O)(=O)NC2(CN)CCCC2)cc1Cl. The first-order chi connectivity index (χ1) is 9.42. The Kier molecular flexibility index (Phi) is 4.35. The molecule has 3 N–H and O–H groups in total. The topological polar surface area (TPSA) is 96.0 Å². The summed E-state index contributed by atoms with van der Waals surface area (Å²) in [4.78, 5) is 0.0567. The number of sulfonamides is 1. The highest BCUT2D eigenvalue weighted by atomic mass is 35.5. The van der Waals surface area contributed by atoms with E-state index < -0.39 is 15.6 Å². The summed E-state index contributed by atoms with van der Waals surface area (Å²) in [5, 5.41) is 8.93. The van der Waals surface area contributed by atoms with Gasteiger partial charge >= 0.3 is 0 Å². The van der Waals surface area contributed by atoms with Crippen LogP contribution >= 0.6 is 11.6 Å². The minimum Gasteiger partial charge on any atom is -0.329 e. The van der Waals surface area contributed by atoms with E-state index in [2.05, 4.69) is 4.72 Å². The van der Waals surface area contributed by atoms with Gasteiger partial charge in [-0.3, -0.25) is 0 Å². The Bertz CT molecular complexity index is 646. The Morgan fingerprint density at radius 2 is 2.05 bits per heavy atom. The Morgan fingerprint density at radius 1 is 1.40 bits per heavy atom. The van der Waals surface area contributed by atoms with Crippen LogP contribution in [-0.2, 0) is 10.0 Å².